The molecule has 0 aliphatic carbocycles. The summed E-state index contributed by atoms with van der Waals surface area (Å²) in [5.74, 6) is 0.383. The van der Waals surface area contributed by atoms with Gasteiger partial charge in [-0.1, -0.05) is 33.8 Å². The molecular weight excluding hydrogens is 402 g/mol. The second-order valence-corrected chi connectivity index (χ2v) is 6.32. The summed E-state index contributed by atoms with van der Waals surface area (Å²) in [5.41, 5.74) is 18.9. The number of rotatable bonds is 4. The molecule has 30 heavy (non-hydrogen) atoms. The first-order valence-corrected chi connectivity index (χ1v) is 10.2. The topological polar surface area (TPSA) is 150 Å². The van der Waals surface area contributed by atoms with Crippen LogP contribution in [0.15, 0.2) is 18.2 Å². The summed E-state index contributed by atoms with van der Waals surface area (Å²) in [6.07, 6.45) is 0. The Hall–Kier alpha value is -3.51. The normalized spacial score (nSPS) is 9.50. The Morgan fingerprint density at radius 1 is 1.10 bits per heavy atom. The zero-order valence-corrected chi connectivity index (χ0v) is 18.8. The van der Waals surface area contributed by atoms with Crippen LogP contribution < -0.4 is 26.7 Å². The third-order valence-corrected chi connectivity index (χ3v) is 5.03. The summed E-state index contributed by atoms with van der Waals surface area (Å²) in [6, 6.07) is 7.21. The molecule has 160 valence electrons. The van der Waals surface area contributed by atoms with Crippen LogP contribution in [0.2, 0.25) is 0 Å². The van der Waals surface area contributed by atoms with Crippen molar-refractivity contribution in [1.82, 2.24) is 4.98 Å². The Bertz CT molecular complexity index is 1090. The van der Waals surface area contributed by atoms with Gasteiger partial charge in [-0.05, 0) is 17.7 Å². The Kier molecular flexibility index (Phi) is 8.89. The molecule has 2 aromatic heterocycles. The first kappa shape index (κ1) is 24.5. The summed E-state index contributed by atoms with van der Waals surface area (Å²) < 4.78 is 10.6. The van der Waals surface area contributed by atoms with Crippen molar-refractivity contribution in [3.63, 3.8) is 0 Å². The molecule has 6 N–H and O–H groups in total. The van der Waals surface area contributed by atoms with Gasteiger partial charge in [-0.3, -0.25) is 4.79 Å². The Balaban J connectivity index is 0.00000106. The van der Waals surface area contributed by atoms with Crippen LogP contribution in [0.25, 0.3) is 21.3 Å². The van der Waals surface area contributed by atoms with E-state index < -0.39 is 5.91 Å². The number of pyridine rings is 1. The number of aromatic nitrogens is 1. The minimum atomic E-state index is -0.666. The lowest BCUT2D eigenvalue weighted by Crippen LogP contribution is -2.10. The third-order valence-electron chi connectivity index (χ3n) is 3.91. The van der Waals surface area contributed by atoms with Crippen LogP contribution in [-0.2, 0) is 0 Å². The van der Waals surface area contributed by atoms with Crippen LogP contribution in [0, 0.1) is 11.3 Å². The number of hydrogen-bond donors (Lipinski definition) is 3. The highest BCUT2D eigenvalue weighted by molar-refractivity contribution is 7.21. The van der Waals surface area contributed by atoms with Crippen LogP contribution in [-0.4, -0.2) is 25.1 Å². The highest BCUT2D eigenvalue weighted by atomic mass is 32.1. The second kappa shape index (κ2) is 10.9. The Morgan fingerprint density at radius 3 is 2.20 bits per heavy atom. The van der Waals surface area contributed by atoms with Crippen molar-refractivity contribution < 1.29 is 14.3 Å². The van der Waals surface area contributed by atoms with E-state index in [0.717, 1.165) is 11.3 Å². The van der Waals surface area contributed by atoms with E-state index in [1.165, 1.54) is 14.2 Å². The Labute approximate surface area is 180 Å². The number of ether oxygens (including phenoxy) is 2. The average molecular weight is 430 g/mol. The summed E-state index contributed by atoms with van der Waals surface area (Å²) in [7, 11) is 3.03. The van der Waals surface area contributed by atoms with Gasteiger partial charge in [0.1, 0.15) is 27.2 Å². The van der Waals surface area contributed by atoms with Crippen molar-refractivity contribution in [3.05, 3.63) is 28.6 Å². The molecule has 0 bridgehead atoms. The second-order valence-electron chi connectivity index (χ2n) is 5.32. The number of hydrogen-bond acceptors (Lipinski definition) is 8. The average Bonchev–Trinajstić information content (AvgIpc) is 3.11. The smallest absolute Gasteiger partial charge is 0.260 e. The number of nitrogen functional groups attached to an aromatic ring is 2. The minimum absolute atomic E-state index is 0.0436. The monoisotopic (exact) mass is 429 g/mol. The van der Waals surface area contributed by atoms with Crippen LogP contribution >= 0.6 is 11.3 Å². The van der Waals surface area contributed by atoms with E-state index >= 15 is 0 Å². The van der Waals surface area contributed by atoms with Crippen LogP contribution in [0.4, 0.5) is 11.5 Å². The van der Waals surface area contributed by atoms with Gasteiger partial charge in [0.05, 0.1) is 19.9 Å². The first-order valence-electron chi connectivity index (χ1n) is 9.36. The molecule has 0 aliphatic heterocycles. The maximum Gasteiger partial charge on any atom is 0.260 e. The fraction of sp³-hybridized carbons (Fsp3) is 0.286. The van der Waals surface area contributed by atoms with Crippen molar-refractivity contribution in [2.24, 2.45) is 5.73 Å². The summed E-state index contributed by atoms with van der Waals surface area (Å²) in [6.45, 7) is 8.00. The molecule has 0 aliphatic rings. The van der Waals surface area contributed by atoms with Gasteiger partial charge in [0.25, 0.3) is 5.91 Å². The highest BCUT2D eigenvalue weighted by Crippen LogP contribution is 2.44. The number of thiophene rings is 1. The molecule has 0 saturated carbocycles. The zero-order valence-electron chi connectivity index (χ0n) is 18.0. The molecule has 0 atom stereocenters. The number of nitrogens with two attached hydrogens (primary N) is 3. The molecule has 0 fully saturated rings. The van der Waals surface area contributed by atoms with E-state index in [1.807, 2.05) is 27.7 Å². The summed E-state index contributed by atoms with van der Waals surface area (Å²) in [5, 5.41) is 10.1. The number of methoxy groups -OCH3 is 2. The molecular formula is C21H27N5O3S. The fourth-order valence-corrected chi connectivity index (χ4v) is 3.71. The Morgan fingerprint density at radius 2 is 1.70 bits per heavy atom. The minimum Gasteiger partial charge on any atom is -0.493 e. The number of carbonyl (C=O) groups excluding carboxylic acids is 1. The molecule has 0 radical (unpaired) electrons. The van der Waals surface area contributed by atoms with Gasteiger partial charge < -0.3 is 26.7 Å². The lowest BCUT2D eigenvalue weighted by atomic mass is 9.97. The van der Waals surface area contributed by atoms with E-state index in [2.05, 4.69) is 11.1 Å². The summed E-state index contributed by atoms with van der Waals surface area (Å²) >= 11 is 1.04. The molecule has 2 heterocycles. The maximum atomic E-state index is 11.7. The van der Waals surface area contributed by atoms with Crippen LogP contribution in [0.3, 0.4) is 0 Å². The number of nitrogens with zero attached hydrogens (tertiary/aromatic N) is 2. The first-order chi connectivity index (χ1) is 14.4. The lowest BCUT2D eigenvalue weighted by molar-refractivity contribution is 0.100. The van der Waals surface area contributed by atoms with E-state index in [-0.39, 0.29) is 21.9 Å². The largest absolute Gasteiger partial charge is 0.493 e. The fourth-order valence-electron chi connectivity index (χ4n) is 2.75. The quantitative estimate of drug-likeness (QED) is 0.563. The van der Waals surface area contributed by atoms with Gasteiger partial charge in [0.2, 0.25) is 0 Å². The molecule has 3 aromatic rings. The summed E-state index contributed by atoms with van der Waals surface area (Å²) in [4.78, 5) is 16.5. The highest BCUT2D eigenvalue weighted by Gasteiger charge is 2.23. The number of nitriles is 1. The van der Waals surface area contributed by atoms with Gasteiger partial charge >= 0.3 is 0 Å². The van der Waals surface area contributed by atoms with E-state index in [4.69, 9.17) is 26.7 Å². The lowest BCUT2D eigenvalue weighted by Gasteiger charge is -2.13. The van der Waals surface area contributed by atoms with Gasteiger partial charge in [0.15, 0.2) is 11.5 Å². The van der Waals surface area contributed by atoms with Crippen LogP contribution in [0.5, 0.6) is 11.5 Å². The number of amides is 1. The van der Waals surface area contributed by atoms with E-state index in [1.54, 1.807) is 18.2 Å². The van der Waals surface area contributed by atoms with Gasteiger partial charge in [0, 0.05) is 10.9 Å². The molecule has 1 amide bonds. The molecule has 0 saturated heterocycles. The zero-order chi connectivity index (χ0) is 23.0. The molecule has 0 spiro atoms. The van der Waals surface area contributed by atoms with E-state index in [9.17, 15) is 10.1 Å². The van der Waals surface area contributed by atoms with Gasteiger partial charge in [-0.2, -0.15) is 5.26 Å². The van der Waals surface area contributed by atoms with Crippen LogP contribution in [0.1, 0.15) is 42.9 Å². The number of anilines is 2. The van der Waals surface area contributed by atoms with Gasteiger partial charge in [-0.15, -0.1) is 11.3 Å². The number of carbonyl (C=O) groups is 1. The predicted octanol–water partition coefficient (Wildman–Crippen LogP) is 4.17. The predicted molar refractivity (Wildman–Crippen MR) is 123 cm³/mol. The molecule has 9 heteroatoms. The number of primary amides is 1. The molecule has 0 unspecified atom stereocenters. The number of fused-ring (bicyclic) bond motifs is 1. The molecule has 3 rings (SSSR count). The van der Waals surface area contributed by atoms with Crippen molar-refractivity contribution >= 4 is 39.0 Å². The number of benzene rings is 1. The van der Waals surface area contributed by atoms with Crippen molar-refractivity contribution in [1.29, 1.82) is 5.26 Å². The van der Waals surface area contributed by atoms with Gasteiger partial charge in [-0.25, -0.2) is 4.98 Å². The standard InChI is InChI=1S/C17H15N5O3S.2C2H6/c1-24-9-4-3-7(5-10(9)25-2)11-8(6-18)15(20)22-17-12(11)13(19)14(26-17)16(21)23;2*1-2/h3-5H,19H2,1-2H3,(H2,20,22)(H2,21,23);2*1-2H3. The van der Waals surface area contributed by atoms with E-state index in [0.29, 0.717) is 32.8 Å². The van der Waals surface area contributed by atoms with Crippen molar-refractivity contribution in [2.45, 2.75) is 27.7 Å². The van der Waals surface area contributed by atoms with Crippen molar-refractivity contribution in [2.75, 3.05) is 25.7 Å². The SMILES string of the molecule is CC.CC.COc1ccc(-c2c(C#N)c(N)nc3sc(C(N)=O)c(N)c23)cc1OC. The maximum absolute atomic E-state index is 11.7. The third kappa shape index (κ3) is 4.39. The van der Waals surface area contributed by atoms with Crippen molar-refractivity contribution in [3.8, 4) is 28.7 Å². The molecule has 1 aromatic carbocycles. The molecule has 8 nitrogen and oxygen atoms in total.